The molecule has 0 radical (unpaired) electrons. The molecule has 6 nitrogen and oxygen atoms in total. The zero-order chi connectivity index (χ0) is 16.6. The van der Waals surface area contributed by atoms with Crippen molar-refractivity contribution in [2.75, 3.05) is 17.8 Å². The van der Waals surface area contributed by atoms with E-state index in [1.807, 2.05) is 0 Å². The molecule has 0 saturated carbocycles. The molecule has 0 bridgehead atoms. The van der Waals surface area contributed by atoms with E-state index < -0.39 is 24.2 Å². The van der Waals surface area contributed by atoms with Crippen LogP contribution in [0.2, 0.25) is 0 Å². The predicted molar refractivity (Wildman–Crippen MR) is 80.7 cm³/mol. The summed E-state index contributed by atoms with van der Waals surface area (Å²) in [6.45, 7) is 1.46. The summed E-state index contributed by atoms with van der Waals surface area (Å²) in [6.07, 6.45) is 0. The number of nitrogens with zero attached hydrogens (tertiary/aromatic N) is 2. The van der Waals surface area contributed by atoms with E-state index >= 15 is 0 Å². The molecule has 0 atom stereocenters. The van der Waals surface area contributed by atoms with E-state index in [0.29, 0.717) is 4.31 Å². The highest BCUT2D eigenvalue weighted by Gasteiger charge is 2.51. The van der Waals surface area contributed by atoms with Gasteiger partial charge in [0.2, 0.25) is 0 Å². The van der Waals surface area contributed by atoms with Crippen molar-refractivity contribution in [2.45, 2.75) is 10.8 Å². The fraction of sp³-hybridized carbons (Fsp3) is 0.400. The molecule has 0 fully saturated rings. The monoisotopic (exact) mass is 378 g/mol. The van der Waals surface area contributed by atoms with Crippen LogP contribution in [0.25, 0.3) is 0 Å². The Morgan fingerprint density at radius 1 is 1.10 bits per heavy atom. The number of anilines is 1. The van der Waals surface area contributed by atoms with Gasteiger partial charge < -0.3 is 0 Å². The lowest BCUT2D eigenvalue weighted by Gasteiger charge is -2.29. The third kappa shape index (κ3) is 3.42. The van der Waals surface area contributed by atoms with Crippen molar-refractivity contribution in [2.24, 2.45) is 0 Å². The van der Waals surface area contributed by atoms with Gasteiger partial charge in [0.1, 0.15) is 0 Å². The van der Waals surface area contributed by atoms with Crippen LogP contribution in [-0.2, 0) is 20.2 Å². The van der Waals surface area contributed by atoms with Gasteiger partial charge in [-0.3, -0.25) is 0 Å². The number of alkyl halides is 3. The second-order valence-electron chi connectivity index (χ2n) is 4.22. The summed E-state index contributed by atoms with van der Waals surface area (Å²) >= 11 is 10.0. The maximum Gasteiger partial charge on any atom is 0.377 e. The van der Waals surface area contributed by atoms with Crippen LogP contribution in [0.3, 0.4) is 0 Å². The summed E-state index contributed by atoms with van der Waals surface area (Å²) < 4.78 is 59.1. The van der Waals surface area contributed by atoms with E-state index in [1.54, 1.807) is 6.07 Å². The molecule has 0 unspecified atom stereocenters. The van der Waals surface area contributed by atoms with Crippen LogP contribution in [0.5, 0.6) is 0 Å². The van der Waals surface area contributed by atoms with E-state index in [2.05, 4.69) is 0 Å². The topological polar surface area (TPSA) is 74.8 Å². The predicted octanol–water partition coefficient (Wildman–Crippen LogP) is 2.00. The molecule has 0 aliphatic rings. The highest BCUT2D eigenvalue weighted by Crippen LogP contribution is 2.38. The zero-order valence-electron chi connectivity index (χ0n) is 11.3. The van der Waals surface area contributed by atoms with Crippen molar-refractivity contribution in [1.82, 2.24) is 4.31 Å². The number of benzene rings is 1. The van der Waals surface area contributed by atoms with E-state index in [0.717, 1.165) is 14.1 Å². The first-order valence-corrected chi connectivity index (χ1v) is 9.02. The Bertz CT molecular complexity index is 730. The molecule has 0 amide bonds. The minimum atomic E-state index is -5.25. The number of halogens is 3. The Balaban J connectivity index is 3.75. The molecule has 0 aromatic heterocycles. The normalized spacial score (nSPS) is 13.5. The van der Waals surface area contributed by atoms with Crippen LogP contribution in [0.1, 0.15) is 5.56 Å². The summed E-state index contributed by atoms with van der Waals surface area (Å²) in [5.74, 6) is 0. The largest absolute Gasteiger partial charge is 0.377 e. The van der Waals surface area contributed by atoms with Gasteiger partial charge in [-0.1, -0.05) is 18.2 Å². The van der Waals surface area contributed by atoms with Crippen molar-refractivity contribution < 1.29 is 21.2 Å². The lowest BCUT2D eigenvalue weighted by Crippen LogP contribution is -2.48. The van der Waals surface area contributed by atoms with Crippen molar-refractivity contribution in [3.8, 4) is 0 Å². The van der Waals surface area contributed by atoms with Gasteiger partial charge in [0.15, 0.2) is 0 Å². The van der Waals surface area contributed by atoms with Gasteiger partial charge in [0, 0.05) is 14.1 Å². The molecular formula is C10H13Cl2FN2O4S2. The number of sulfonamides is 1. The average molecular weight is 379 g/mol. The second-order valence-corrected chi connectivity index (χ2v) is 10.0. The molecule has 0 aliphatic carbocycles. The van der Waals surface area contributed by atoms with Crippen LogP contribution >= 0.6 is 23.2 Å². The van der Waals surface area contributed by atoms with Gasteiger partial charge in [-0.25, -0.2) is 0 Å². The van der Waals surface area contributed by atoms with Crippen LogP contribution < -0.4 is 3.71 Å². The molecule has 120 valence electrons. The van der Waals surface area contributed by atoms with Gasteiger partial charge >= 0.3 is 24.2 Å². The van der Waals surface area contributed by atoms with Gasteiger partial charge in [0.05, 0.1) is 5.69 Å². The molecule has 0 heterocycles. The van der Waals surface area contributed by atoms with E-state index in [1.165, 1.54) is 25.1 Å². The minimum absolute atomic E-state index is 0.116. The van der Waals surface area contributed by atoms with Gasteiger partial charge in [0.25, 0.3) is 0 Å². The fourth-order valence-electron chi connectivity index (χ4n) is 1.39. The maximum atomic E-state index is 13.6. The van der Waals surface area contributed by atoms with Crippen LogP contribution in [0, 0.1) is 6.92 Å². The van der Waals surface area contributed by atoms with Gasteiger partial charge in [-0.05, 0) is 41.8 Å². The van der Waals surface area contributed by atoms with E-state index in [9.17, 15) is 21.2 Å². The number of rotatable bonds is 5. The highest BCUT2D eigenvalue weighted by molar-refractivity contribution is 8.11. The Kier molecular flexibility index (Phi) is 5.16. The number of para-hydroxylation sites is 1. The maximum absolute atomic E-state index is 13.6. The zero-order valence-corrected chi connectivity index (χ0v) is 14.4. The molecule has 1 aromatic carbocycles. The number of hydrogen-bond donors (Lipinski definition) is 0. The standard InChI is InChI=1S/C10H13Cl2FN2O4S2/c1-8-6-4-5-7-9(8)15(21(18,19)14(2)3)20(16,17)10(11,12)13/h4-7H,1-3H3. The lowest BCUT2D eigenvalue weighted by molar-refractivity contribution is 0.467. The Morgan fingerprint density at radius 2 is 1.57 bits per heavy atom. The first-order chi connectivity index (χ1) is 9.33. The summed E-state index contributed by atoms with van der Waals surface area (Å²) in [4.78, 5) is 0. The summed E-state index contributed by atoms with van der Waals surface area (Å²) in [6, 6.07) is 5.63. The van der Waals surface area contributed by atoms with Crippen molar-refractivity contribution in [3.05, 3.63) is 29.8 Å². The van der Waals surface area contributed by atoms with E-state index in [-0.39, 0.29) is 15.0 Å². The Morgan fingerprint density at radius 3 is 1.95 bits per heavy atom. The third-order valence-electron chi connectivity index (χ3n) is 2.49. The van der Waals surface area contributed by atoms with Crippen LogP contribution in [0.4, 0.5) is 10.1 Å². The summed E-state index contributed by atoms with van der Waals surface area (Å²) in [7, 11) is -7.64. The lowest BCUT2D eigenvalue weighted by atomic mass is 10.2. The minimum Gasteiger partial charge on any atom is -0.199 e. The summed E-state index contributed by atoms with van der Waals surface area (Å²) in [5.41, 5.74) is 0.0126. The summed E-state index contributed by atoms with van der Waals surface area (Å²) in [5, 5.41) is 0. The quantitative estimate of drug-likeness (QED) is 0.734. The molecular weight excluding hydrogens is 366 g/mol. The SMILES string of the molecule is Cc1ccccc1N(S(=O)(=O)N(C)C)S(=O)(=O)C(F)(Cl)Cl. The molecule has 1 rings (SSSR count). The average Bonchev–Trinajstić information content (AvgIpc) is 2.29. The first-order valence-electron chi connectivity index (χ1n) is 5.43. The number of aryl methyl sites for hydroxylation is 1. The smallest absolute Gasteiger partial charge is 0.199 e. The van der Waals surface area contributed by atoms with Crippen molar-refractivity contribution in [3.63, 3.8) is 0 Å². The molecule has 0 aliphatic heterocycles. The van der Waals surface area contributed by atoms with E-state index in [4.69, 9.17) is 23.2 Å². The number of hydrogen-bond acceptors (Lipinski definition) is 4. The fourth-order valence-corrected chi connectivity index (χ4v) is 5.15. The molecule has 21 heavy (non-hydrogen) atoms. The van der Waals surface area contributed by atoms with Crippen molar-refractivity contribution in [1.29, 1.82) is 0 Å². The Labute approximate surface area is 133 Å². The van der Waals surface area contributed by atoms with Crippen LogP contribution in [0.15, 0.2) is 24.3 Å². The third-order valence-corrected chi connectivity index (χ3v) is 7.57. The second kappa shape index (κ2) is 5.88. The Hall–Kier alpha value is -0.610. The molecule has 1 aromatic rings. The molecule has 0 spiro atoms. The van der Waals surface area contributed by atoms with Crippen LogP contribution in [-0.4, -0.2) is 39.2 Å². The molecule has 11 heteroatoms. The first kappa shape index (κ1) is 18.4. The highest BCUT2D eigenvalue weighted by atomic mass is 35.5. The molecule has 0 saturated heterocycles. The van der Waals surface area contributed by atoms with Gasteiger partial charge in [-0.15, -0.1) is 3.71 Å². The van der Waals surface area contributed by atoms with Gasteiger partial charge in [-0.2, -0.15) is 25.5 Å². The molecule has 0 N–H and O–H groups in total. The van der Waals surface area contributed by atoms with Crippen molar-refractivity contribution >= 4 is 49.1 Å².